The number of guanidine groups is 1. The van der Waals surface area contributed by atoms with Crippen LogP contribution in [0.25, 0.3) is 0 Å². The molecule has 0 saturated heterocycles. The van der Waals surface area contributed by atoms with Crippen molar-refractivity contribution in [2.75, 3.05) is 33.4 Å². The molecule has 2 N–H and O–H groups in total. The molecule has 1 aromatic carbocycles. The van der Waals surface area contributed by atoms with Crippen LogP contribution in [-0.4, -0.2) is 45.5 Å². The average Bonchev–Trinajstić information content (AvgIpc) is 2.61. The van der Waals surface area contributed by atoms with Gasteiger partial charge in [-0.1, -0.05) is 12.1 Å². The molecule has 0 spiro atoms. The third-order valence-corrected chi connectivity index (χ3v) is 3.41. The van der Waals surface area contributed by atoms with Crippen molar-refractivity contribution >= 4 is 5.96 Å². The molecular formula is C18H28F3N3O2. The van der Waals surface area contributed by atoms with Gasteiger partial charge < -0.3 is 20.1 Å². The van der Waals surface area contributed by atoms with Crippen molar-refractivity contribution in [3.8, 4) is 5.75 Å². The Balaban J connectivity index is 2.42. The lowest BCUT2D eigenvalue weighted by atomic mass is 10.2. The maximum Gasteiger partial charge on any atom is 0.422 e. The highest BCUT2D eigenvalue weighted by Crippen LogP contribution is 2.19. The largest absolute Gasteiger partial charge is 0.484 e. The fourth-order valence-electron chi connectivity index (χ4n) is 2.12. The van der Waals surface area contributed by atoms with Gasteiger partial charge in [0, 0.05) is 26.8 Å². The summed E-state index contributed by atoms with van der Waals surface area (Å²) in [5, 5.41) is 6.43. The number of ether oxygens (including phenoxy) is 2. The Bertz CT molecular complexity index is 519. The van der Waals surface area contributed by atoms with Crippen LogP contribution in [0.5, 0.6) is 5.75 Å². The predicted molar refractivity (Wildman–Crippen MR) is 96.5 cm³/mol. The first-order chi connectivity index (χ1) is 12.4. The van der Waals surface area contributed by atoms with Gasteiger partial charge in [-0.25, -0.2) is 4.99 Å². The molecule has 1 aromatic rings. The molecule has 0 unspecified atom stereocenters. The lowest BCUT2D eigenvalue weighted by Crippen LogP contribution is -2.37. The van der Waals surface area contributed by atoms with E-state index in [1.807, 2.05) is 6.92 Å². The van der Waals surface area contributed by atoms with Crippen LogP contribution in [0.15, 0.2) is 29.3 Å². The Morgan fingerprint density at radius 3 is 2.42 bits per heavy atom. The highest BCUT2D eigenvalue weighted by molar-refractivity contribution is 5.79. The molecule has 0 atom stereocenters. The van der Waals surface area contributed by atoms with E-state index in [1.54, 1.807) is 19.2 Å². The van der Waals surface area contributed by atoms with E-state index in [1.165, 1.54) is 12.1 Å². The number of nitrogens with zero attached hydrogens (tertiary/aromatic N) is 1. The van der Waals surface area contributed by atoms with Crippen LogP contribution in [0.3, 0.4) is 0 Å². The summed E-state index contributed by atoms with van der Waals surface area (Å²) in [7, 11) is 1.70. The topological polar surface area (TPSA) is 54.9 Å². The monoisotopic (exact) mass is 375 g/mol. The number of unbranched alkanes of at least 4 members (excludes halogenated alkanes) is 2. The van der Waals surface area contributed by atoms with Gasteiger partial charge in [-0.15, -0.1) is 0 Å². The molecule has 0 aliphatic heterocycles. The summed E-state index contributed by atoms with van der Waals surface area (Å²) in [6.07, 6.45) is -1.19. The zero-order chi connectivity index (χ0) is 19.3. The fourth-order valence-corrected chi connectivity index (χ4v) is 2.12. The summed E-state index contributed by atoms with van der Waals surface area (Å²) < 4.78 is 46.1. The van der Waals surface area contributed by atoms with Crippen molar-refractivity contribution in [2.24, 2.45) is 4.99 Å². The molecule has 5 nitrogen and oxygen atoms in total. The van der Waals surface area contributed by atoms with Crippen molar-refractivity contribution in [1.82, 2.24) is 10.6 Å². The van der Waals surface area contributed by atoms with E-state index in [2.05, 4.69) is 20.4 Å². The molecule has 1 rings (SSSR count). The minimum absolute atomic E-state index is 0.191. The molecule has 0 aliphatic rings. The van der Waals surface area contributed by atoms with E-state index in [4.69, 9.17) is 4.74 Å². The van der Waals surface area contributed by atoms with Crippen LogP contribution < -0.4 is 15.4 Å². The van der Waals surface area contributed by atoms with E-state index in [9.17, 15) is 13.2 Å². The van der Waals surface area contributed by atoms with Crippen LogP contribution in [-0.2, 0) is 11.3 Å². The zero-order valence-corrected chi connectivity index (χ0v) is 15.4. The second kappa shape index (κ2) is 12.4. The number of methoxy groups -OCH3 is 1. The summed E-state index contributed by atoms with van der Waals surface area (Å²) in [6, 6.07) is 6.46. The Morgan fingerprint density at radius 1 is 1.08 bits per heavy atom. The molecule has 0 aliphatic carbocycles. The number of nitrogens with one attached hydrogen (secondary N) is 2. The minimum atomic E-state index is -4.33. The highest BCUT2D eigenvalue weighted by atomic mass is 19.4. The highest BCUT2D eigenvalue weighted by Gasteiger charge is 2.28. The molecule has 26 heavy (non-hydrogen) atoms. The average molecular weight is 375 g/mol. The van der Waals surface area contributed by atoms with E-state index in [0.29, 0.717) is 6.54 Å². The Hall–Kier alpha value is -1.96. The first kappa shape index (κ1) is 22.1. The summed E-state index contributed by atoms with van der Waals surface area (Å²) in [5.74, 6) is 0.910. The maximum atomic E-state index is 12.1. The van der Waals surface area contributed by atoms with Gasteiger partial charge in [0.05, 0.1) is 6.54 Å². The Morgan fingerprint density at radius 2 is 1.81 bits per heavy atom. The van der Waals surface area contributed by atoms with E-state index in [-0.39, 0.29) is 5.75 Å². The molecule has 0 saturated carbocycles. The van der Waals surface area contributed by atoms with Crippen LogP contribution in [0.4, 0.5) is 13.2 Å². The molecule has 148 valence electrons. The van der Waals surface area contributed by atoms with Crippen molar-refractivity contribution < 1.29 is 22.6 Å². The van der Waals surface area contributed by atoms with Gasteiger partial charge >= 0.3 is 6.18 Å². The van der Waals surface area contributed by atoms with E-state index >= 15 is 0 Å². The number of halogens is 3. The SMILES string of the molecule is CCNC(=NCc1ccc(OCC(F)(F)F)cc1)NCCCCCOC. The summed E-state index contributed by atoms with van der Waals surface area (Å²) in [6.45, 7) is 3.47. The standard InChI is InChI=1S/C18H28F3N3O2/c1-3-22-17(23-11-5-4-6-12-25-2)24-13-15-7-9-16(10-8-15)26-14-18(19,20)21/h7-10H,3-6,11-14H2,1-2H3,(H2,22,23,24). The normalized spacial score (nSPS) is 12.1. The molecule has 0 heterocycles. The second-order valence-corrected chi connectivity index (χ2v) is 5.72. The molecule has 0 amide bonds. The van der Waals surface area contributed by atoms with Gasteiger partial charge in [0.25, 0.3) is 0 Å². The number of aliphatic imine (C=N–C) groups is 1. The van der Waals surface area contributed by atoms with Crippen LogP contribution in [0.2, 0.25) is 0 Å². The van der Waals surface area contributed by atoms with Crippen molar-refractivity contribution in [1.29, 1.82) is 0 Å². The smallest absolute Gasteiger partial charge is 0.422 e. The fraction of sp³-hybridized carbons (Fsp3) is 0.611. The van der Waals surface area contributed by atoms with E-state index in [0.717, 1.165) is 50.5 Å². The van der Waals surface area contributed by atoms with Crippen LogP contribution in [0, 0.1) is 0 Å². The van der Waals surface area contributed by atoms with Crippen LogP contribution in [0.1, 0.15) is 31.7 Å². The number of hydrogen-bond acceptors (Lipinski definition) is 3. The van der Waals surface area contributed by atoms with Crippen molar-refractivity contribution in [3.63, 3.8) is 0 Å². The summed E-state index contributed by atoms with van der Waals surface area (Å²) >= 11 is 0. The minimum Gasteiger partial charge on any atom is -0.484 e. The number of alkyl halides is 3. The Labute approximate surface area is 153 Å². The van der Waals surface area contributed by atoms with E-state index < -0.39 is 12.8 Å². The Kier molecular flexibility index (Phi) is 10.5. The van der Waals surface area contributed by atoms with Gasteiger partial charge in [0.15, 0.2) is 12.6 Å². The second-order valence-electron chi connectivity index (χ2n) is 5.72. The molecule has 0 radical (unpaired) electrons. The summed E-state index contributed by atoms with van der Waals surface area (Å²) in [5.41, 5.74) is 0.890. The van der Waals surface area contributed by atoms with Gasteiger partial charge in [0.1, 0.15) is 5.75 Å². The molecule has 0 bridgehead atoms. The first-order valence-electron chi connectivity index (χ1n) is 8.74. The summed E-state index contributed by atoms with van der Waals surface area (Å²) in [4.78, 5) is 4.48. The third kappa shape index (κ3) is 10.8. The number of benzene rings is 1. The molecule has 0 fully saturated rings. The molecular weight excluding hydrogens is 347 g/mol. The quantitative estimate of drug-likeness (QED) is 0.353. The lowest BCUT2D eigenvalue weighted by molar-refractivity contribution is -0.153. The molecule has 8 heteroatoms. The lowest BCUT2D eigenvalue weighted by Gasteiger charge is -2.11. The van der Waals surface area contributed by atoms with Gasteiger partial charge in [-0.3, -0.25) is 0 Å². The predicted octanol–water partition coefficient (Wildman–Crippen LogP) is 3.50. The van der Waals surface area contributed by atoms with Crippen LogP contribution >= 0.6 is 0 Å². The zero-order valence-electron chi connectivity index (χ0n) is 15.4. The third-order valence-electron chi connectivity index (χ3n) is 3.41. The van der Waals surface area contributed by atoms with Crippen molar-refractivity contribution in [3.05, 3.63) is 29.8 Å². The first-order valence-corrected chi connectivity index (χ1v) is 8.74. The van der Waals surface area contributed by atoms with Gasteiger partial charge in [0.2, 0.25) is 0 Å². The van der Waals surface area contributed by atoms with Gasteiger partial charge in [-0.2, -0.15) is 13.2 Å². The van der Waals surface area contributed by atoms with Gasteiger partial charge in [-0.05, 0) is 43.9 Å². The maximum absolute atomic E-state index is 12.1. The number of rotatable bonds is 11. The molecule has 0 aromatic heterocycles. The van der Waals surface area contributed by atoms with Crippen molar-refractivity contribution in [2.45, 2.75) is 38.9 Å². The number of hydrogen-bond donors (Lipinski definition) is 2.